The monoisotopic (exact) mass is 399 g/mol. The molecule has 0 atom stereocenters. The van der Waals surface area contributed by atoms with Gasteiger partial charge in [-0.1, -0.05) is 39.7 Å². The quantitative estimate of drug-likeness (QED) is 0.548. The number of hydrogen-bond acceptors (Lipinski definition) is 2. The van der Waals surface area contributed by atoms with E-state index < -0.39 is 0 Å². The predicted molar refractivity (Wildman–Crippen MR) is 99.8 cm³/mol. The van der Waals surface area contributed by atoms with E-state index in [0.29, 0.717) is 22.1 Å². The van der Waals surface area contributed by atoms with E-state index in [4.69, 9.17) is 16.0 Å². The lowest BCUT2D eigenvalue weighted by Crippen LogP contribution is -2.03. The summed E-state index contributed by atoms with van der Waals surface area (Å²) in [6.07, 6.45) is 1.75. The van der Waals surface area contributed by atoms with Crippen LogP contribution in [0.5, 0.6) is 0 Å². The number of halogens is 2. The van der Waals surface area contributed by atoms with Crippen LogP contribution in [-0.4, -0.2) is 5.91 Å². The minimum Gasteiger partial charge on any atom is -0.457 e. The highest BCUT2D eigenvalue weighted by Crippen LogP contribution is 2.35. The molecule has 0 bridgehead atoms. The molecular formula is C19H11BrClNO2. The number of furan rings is 1. The standard InChI is InChI=1S/C19H11BrClNO2/c20-12-4-6-17-15(9-12)16(19(23)22-17)10-14-5-7-18(24-14)11-2-1-3-13(21)8-11/h1-10H,(H,22,23). The van der Waals surface area contributed by atoms with Crippen LogP contribution in [0.1, 0.15) is 11.3 Å². The fourth-order valence-corrected chi connectivity index (χ4v) is 3.22. The molecule has 1 amide bonds. The van der Waals surface area contributed by atoms with Crippen LogP contribution >= 0.6 is 27.5 Å². The van der Waals surface area contributed by atoms with E-state index in [1.807, 2.05) is 54.6 Å². The second-order valence-corrected chi connectivity index (χ2v) is 6.77. The summed E-state index contributed by atoms with van der Waals surface area (Å²) in [6, 6.07) is 16.8. The maximum Gasteiger partial charge on any atom is 0.256 e. The van der Waals surface area contributed by atoms with Gasteiger partial charge >= 0.3 is 0 Å². The van der Waals surface area contributed by atoms with Gasteiger partial charge in [-0.25, -0.2) is 0 Å². The lowest BCUT2D eigenvalue weighted by Gasteiger charge is -1.99. The molecule has 24 heavy (non-hydrogen) atoms. The number of nitrogens with one attached hydrogen (secondary N) is 1. The lowest BCUT2D eigenvalue weighted by atomic mass is 10.1. The number of anilines is 1. The van der Waals surface area contributed by atoms with Gasteiger partial charge in [-0.2, -0.15) is 0 Å². The topological polar surface area (TPSA) is 42.2 Å². The highest BCUT2D eigenvalue weighted by Gasteiger charge is 2.24. The minimum atomic E-state index is -0.135. The van der Waals surface area contributed by atoms with Gasteiger partial charge in [0.05, 0.1) is 5.57 Å². The number of benzene rings is 2. The SMILES string of the molecule is O=C1Nc2ccc(Br)cc2C1=Cc1ccc(-c2cccc(Cl)c2)o1. The molecule has 0 saturated carbocycles. The maximum absolute atomic E-state index is 12.2. The van der Waals surface area contributed by atoms with Gasteiger partial charge in [0, 0.05) is 26.3 Å². The molecule has 0 spiro atoms. The molecule has 1 aromatic heterocycles. The van der Waals surface area contributed by atoms with Crippen LogP contribution in [0.25, 0.3) is 23.0 Å². The molecule has 3 aromatic rings. The third-order valence-corrected chi connectivity index (χ3v) is 4.52. The van der Waals surface area contributed by atoms with Gasteiger partial charge < -0.3 is 9.73 Å². The first-order chi connectivity index (χ1) is 11.6. The molecule has 0 aliphatic carbocycles. The smallest absolute Gasteiger partial charge is 0.256 e. The molecule has 0 radical (unpaired) electrons. The number of rotatable bonds is 2. The Kier molecular flexibility index (Phi) is 3.79. The van der Waals surface area contributed by atoms with Crippen LogP contribution < -0.4 is 5.32 Å². The first kappa shape index (κ1) is 15.2. The van der Waals surface area contributed by atoms with Crippen molar-refractivity contribution in [2.45, 2.75) is 0 Å². The van der Waals surface area contributed by atoms with E-state index in [1.54, 1.807) is 6.08 Å². The van der Waals surface area contributed by atoms with E-state index in [-0.39, 0.29) is 5.91 Å². The van der Waals surface area contributed by atoms with E-state index in [2.05, 4.69) is 21.2 Å². The highest BCUT2D eigenvalue weighted by atomic mass is 79.9. The van der Waals surface area contributed by atoms with Gasteiger partial charge in [0.2, 0.25) is 0 Å². The summed E-state index contributed by atoms with van der Waals surface area (Å²) in [6.45, 7) is 0. The largest absolute Gasteiger partial charge is 0.457 e. The Hall–Kier alpha value is -2.30. The van der Waals surface area contributed by atoms with Gasteiger partial charge in [0.15, 0.2) is 0 Å². The average Bonchev–Trinajstić information content (AvgIpc) is 3.14. The molecule has 1 aliphatic rings. The van der Waals surface area contributed by atoms with Crippen LogP contribution in [0.2, 0.25) is 5.02 Å². The summed E-state index contributed by atoms with van der Waals surface area (Å²) in [4.78, 5) is 12.2. The summed E-state index contributed by atoms with van der Waals surface area (Å²) in [5.74, 6) is 1.18. The average molecular weight is 401 g/mol. The second-order valence-electron chi connectivity index (χ2n) is 5.41. The van der Waals surface area contributed by atoms with Gasteiger partial charge in [-0.05, 0) is 48.5 Å². The zero-order valence-electron chi connectivity index (χ0n) is 12.3. The Morgan fingerprint density at radius 3 is 2.79 bits per heavy atom. The summed E-state index contributed by atoms with van der Waals surface area (Å²) in [7, 11) is 0. The van der Waals surface area contributed by atoms with Crippen molar-refractivity contribution in [3.63, 3.8) is 0 Å². The molecule has 0 fully saturated rings. The maximum atomic E-state index is 12.2. The van der Waals surface area contributed by atoms with Crippen molar-refractivity contribution < 1.29 is 9.21 Å². The fourth-order valence-electron chi connectivity index (χ4n) is 2.67. The molecule has 0 saturated heterocycles. The molecule has 5 heteroatoms. The zero-order chi connectivity index (χ0) is 16.7. The van der Waals surface area contributed by atoms with Crippen molar-refractivity contribution in [2.24, 2.45) is 0 Å². The molecule has 118 valence electrons. The summed E-state index contributed by atoms with van der Waals surface area (Å²) < 4.78 is 6.77. The van der Waals surface area contributed by atoms with E-state index in [9.17, 15) is 4.79 Å². The Morgan fingerprint density at radius 2 is 1.96 bits per heavy atom. The summed E-state index contributed by atoms with van der Waals surface area (Å²) >= 11 is 9.46. The van der Waals surface area contributed by atoms with Gasteiger partial charge in [0.25, 0.3) is 5.91 Å². The lowest BCUT2D eigenvalue weighted by molar-refractivity contribution is -0.110. The Labute approximate surface area is 152 Å². The Morgan fingerprint density at radius 1 is 1.08 bits per heavy atom. The Balaban J connectivity index is 1.73. The van der Waals surface area contributed by atoms with Crippen LogP contribution in [0.4, 0.5) is 5.69 Å². The van der Waals surface area contributed by atoms with Gasteiger partial charge in [0.1, 0.15) is 11.5 Å². The van der Waals surface area contributed by atoms with Crippen molar-refractivity contribution >= 4 is 50.8 Å². The van der Waals surface area contributed by atoms with Gasteiger partial charge in [-0.3, -0.25) is 4.79 Å². The molecule has 1 aliphatic heterocycles. The fraction of sp³-hybridized carbons (Fsp3) is 0. The zero-order valence-corrected chi connectivity index (χ0v) is 14.7. The van der Waals surface area contributed by atoms with Crippen molar-refractivity contribution in [3.05, 3.63) is 75.4 Å². The molecule has 2 heterocycles. The first-order valence-electron chi connectivity index (χ1n) is 7.29. The molecular weight excluding hydrogens is 390 g/mol. The summed E-state index contributed by atoms with van der Waals surface area (Å²) in [5, 5.41) is 3.50. The van der Waals surface area contributed by atoms with Crippen LogP contribution in [0, 0.1) is 0 Å². The third-order valence-electron chi connectivity index (χ3n) is 3.79. The molecule has 4 rings (SSSR count). The minimum absolute atomic E-state index is 0.135. The number of carbonyl (C=O) groups is 1. The van der Waals surface area contributed by atoms with Crippen LogP contribution in [-0.2, 0) is 4.79 Å². The molecule has 0 unspecified atom stereocenters. The van der Waals surface area contributed by atoms with Crippen molar-refractivity contribution in [3.8, 4) is 11.3 Å². The number of hydrogen-bond donors (Lipinski definition) is 1. The van der Waals surface area contributed by atoms with E-state index in [1.165, 1.54) is 0 Å². The molecule has 3 nitrogen and oxygen atoms in total. The predicted octanol–water partition coefficient (Wildman–Crippen LogP) is 5.86. The molecule has 1 N–H and O–H groups in total. The summed E-state index contributed by atoms with van der Waals surface area (Å²) in [5.41, 5.74) is 3.13. The van der Waals surface area contributed by atoms with E-state index in [0.717, 1.165) is 21.3 Å². The second kappa shape index (κ2) is 5.96. The van der Waals surface area contributed by atoms with Gasteiger partial charge in [-0.15, -0.1) is 0 Å². The normalized spacial score (nSPS) is 14.8. The number of carbonyl (C=O) groups excluding carboxylic acids is 1. The first-order valence-corrected chi connectivity index (χ1v) is 8.46. The van der Waals surface area contributed by atoms with Crippen molar-refractivity contribution in [2.75, 3.05) is 5.32 Å². The third kappa shape index (κ3) is 2.79. The van der Waals surface area contributed by atoms with Crippen molar-refractivity contribution in [1.29, 1.82) is 0 Å². The van der Waals surface area contributed by atoms with Crippen LogP contribution in [0.3, 0.4) is 0 Å². The molecule has 2 aromatic carbocycles. The highest BCUT2D eigenvalue weighted by molar-refractivity contribution is 9.10. The number of amides is 1. The Bertz CT molecular complexity index is 991. The van der Waals surface area contributed by atoms with Crippen molar-refractivity contribution in [1.82, 2.24) is 0 Å². The number of fused-ring (bicyclic) bond motifs is 1. The van der Waals surface area contributed by atoms with E-state index >= 15 is 0 Å². The van der Waals surface area contributed by atoms with Crippen LogP contribution in [0.15, 0.2) is 63.5 Å².